The lowest BCUT2D eigenvalue weighted by Gasteiger charge is -2.16. The van der Waals surface area contributed by atoms with E-state index in [1.165, 1.54) is 0 Å². The standard InChI is InChI=1S/C10H15N3O3/c1-10(2)14-6-8(16-10)7-15-13-9-11-4-3-5-12-9/h3-5,8H,6-7H2,1-2H3,(H,11,12,13). The zero-order chi connectivity index (χ0) is 11.4. The molecule has 0 amide bonds. The predicted octanol–water partition coefficient (Wildman–Crippen LogP) is 0.972. The lowest BCUT2D eigenvalue weighted by molar-refractivity contribution is -0.143. The molecule has 1 saturated heterocycles. The zero-order valence-electron chi connectivity index (χ0n) is 9.34. The highest BCUT2D eigenvalue weighted by atomic mass is 16.8. The summed E-state index contributed by atoms with van der Waals surface area (Å²) in [5.74, 6) is -0.0854. The van der Waals surface area contributed by atoms with E-state index in [0.29, 0.717) is 19.2 Å². The number of rotatable bonds is 4. The average molecular weight is 225 g/mol. The van der Waals surface area contributed by atoms with E-state index < -0.39 is 5.79 Å². The highest BCUT2D eigenvalue weighted by molar-refractivity contribution is 5.17. The van der Waals surface area contributed by atoms with Gasteiger partial charge in [-0.15, -0.1) is 0 Å². The van der Waals surface area contributed by atoms with Crippen molar-refractivity contribution in [2.24, 2.45) is 0 Å². The maximum Gasteiger partial charge on any atom is 0.247 e. The Labute approximate surface area is 93.9 Å². The molecule has 6 heteroatoms. The first-order chi connectivity index (χ1) is 7.66. The molecule has 1 unspecified atom stereocenters. The maximum atomic E-state index is 5.56. The molecule has 0 aliphatic carbocycles. The summed E-state index contributed by atoms with van der Waals surface area (Å²) < 4.78 is 11.0. The second-order valence-corrected chi connectivity index (χ2v) is 3.94. The summed E-state index contributed by atoms with van der Waals surface area (Å²) in [6.45, 7) is 4.67. The number of nitrogens with zero attached hydrogens (tertiary/aromatic N) is 2. The van der Waals surface area contributed by atoms with E-state index in [1.807, 2.05) is 13.8 Å². The van der Waals surface area contributed by atoms with Crippen molar-refractivity contribution in [3.63, 3.8) is 0 Å². The molecule has 1 aliphatic rings. The fourth-order valence-corrected chi connectivity index (χ4v) is 1.40. The van der Waals surface area contributed by atoms with Crippen molar-refractivity contribution in [3.8, 4) is 0 Å². The van der Waals surface area contributed by atoms with Crippen molar-refractivity contribution < 1.29 is 14.3 Å². The summed E-state index contributed by atoms with van der Waals surface area (Å²) in [7, 11) is 0. The van der Waals surface area contributed by atoms with Gasteiger partial charge in [-0.3, -0.25) is 4.84 Å². The lowest BCUT2D eigenvalue weighted by atomic mass is 10.4. The molecular weight excluding hydrogens is 210 g/mol. The van der Waals surface area contributed by atoms with Gasteiger partial charge in [-0.2, -0.15) is 0 Å². The Morgan fingerprint density at radius 3 is 2.88 bits per heavy atom. The molecule has 1 N–H and O–H groups in total. The van der Waals surface area contributed by atoms with Crippen LogP contribution in [0.2, 0.25) is 0 Å². The number of aromatic nitrogens is 2. The topological polar surface area (TPSA) is 65.5 Å². The van der Waals surface area contributed by atoms with Crippen molar-refractivity contribution in [2.75, 3.05) is 18.7 Å². The zero-order valence-corrected chi connectivity index (χ0v) is 9.34. The predicted molar refractivity (Wildman–Crippen MR) is 56.5 cm³/mol. The fraction of sp³-hybridized carbons (Fsp3) is 0.600. The van der Waals surface area contributed by atoms with Crippen LogP contribution in [0.5, 0.6) is 0 Å². The summed E-state index contributed by atoms with van der Waals surface area (Å²) in [5.41, 5.74) is 2.64. The maximum absolute atomic E-state index is 5.56. The minimum Gasteiger partial charge on any atom is -0.348 e. The molecule has 0 spiro atoms. The van der Waals surface area contributed by atoms with E-state index in [2.05, 4.69) is 15.4 Å². The Bertz CT molecular complexity index is 331. The first-order valence-electron chi connectivity index (χ1n) is 5.12. The van der Waals surface area contributed by atoms with Crippen LogP contribution in [0.25, 0.3) is 0 Å². The van der Waals surface area contributed by atoms with Crippen molar-refractivity contribution in [2.45, 2.75) is 25.7 Å². The van der Waals surface area contributed by atoms with E-state index in [-0.39, 0.29) is 6.10 Å². The molecule has 1 fully saturated rings. The average Bonchev–Trinajstić information content (AvgIpc) is 2.60. The molecule has 0 radical (unpaired) electrons. The van der Waals surface area contributed by atoms with Crippen LogP contribution in [0.1, 0.15) is 13.8 Å². The highest BCUT2D eigenvalue weighted by Gasteiger charge is 2.32. The molecule has 16 heavy (non-hydrogen) atoms. The molecule has 1 aromatic rings. The van der Waals surface area contributed by atoms with E-state index >= 15 is 0 Å². The van der Waals surface area contributed by atoms with Crippen molar-refractivity contribution in [1.82, 2.24) is 9.97 Å². The Kier molecular flexibility index (Phi) is 3.33. The van der Waals surface area contributed by atoms with Gasteiger partial charge in [0.15, 0.2) is 5.79 Å². The van der Waals surface area contributed by atoms with Gasteiger partial charge in [-0.1, -0.05) is 0 Å². The third kappa shape index (κ3) is 3.13. The monoisotopic (exact) mass is 225 g/mol. The molecule has 2 heterocycles. The van der Waals surface area contributed by atoms with Gasteiger partial charge >= 0.3 is 0 Å². The Morgan fingerprint density at radius 2 is 2.25 bits per heavy atom. The first-order valence-corrected chi connectivity index (χ1v) is 5.12. The van der Waals surface area contributed by atoms with Crippen LogP contribution in [-0.2, 0) is 14.3 Å². The van der Waals surface area contributed by atoms with Crippen LogP contribution in [0, 0.1) is 0 Å². The van der Waals surface area contributed by atoms with Crippen LogP contribution in [0.15, 0.2) is 18.5 Å². The smallest absolute Gasteiger partial charge is 0.247 e. The van der Waals surface area contributed by atoms with E-state index in [4.69, 9.17) is 14.3 Å². The molecular formula is C10H15N3O3. The summed E-state index contributed by atoms with van der Waals surface area (Å²) in [4.78, 5) is 13.1. The minimum absolute atomic E-state index is 0.0637. The third-order valence-corrected chi connectivity index (χ3v) is 2.07. The van der Waals surface area contributed by atoms with Crippen LogP contribution in [0.3, 0.4) is 0 Å². The van der Waals surface area contributed by atoms with E-state index in [9.17, 15) is 0 Å². The number of nitrogens with one attached hydrogen (secondary N) is 1. The van der Waals surface area contributed by atoms with Gasteiger partial charge < -0.3 is 9.47 Å². The molecule has 0 saturated carbocycles. The van der Waals surface area contributed by atoms with Gasteiger partial charge in [0.1, 0.15) is 12.7 Å². The normalized spacial score (nSPS) is 23.2. The molecule has 0 bridgehead atoms. The minimum atomic E-state index is -0.517. The summed E-state index contributed by atoms with van der Waals surface area (Å²) in [6.07, 6.45) is 3.21. The number of hydrogen-bond acceptors (Lipinski definition) is 6. The number of hydrogen-bond donors (Lipinski definition) is 1. The fourth-order valence-electron chi connectivity index (χ4n) is 1.40. The molecule has 6 nitrogen and oxygen atoms in total. The summed E-state index contributed by atoms with van der Waals surface area (Å²) >= 11 is 0. The largest absolute Gasteiger partial charge is 0.348 e. The van der Waals surface area contributed by atoms with Crippen molar-refractivity contribution >= 4 is 5.95 Å². The van der Waals surface area contributed by atoms with E-state index in [0.717, 1.165) is 0 Å². The molecule has 1 atom stereocenters. The Hall–Kier alpha value is -1.24. The van der Waals surface area contributed by atoms with Crippen LogP contribution < -0.4 is 5.48 Å². The second-order valence-electron chi connectivity index (χ2n) is 3.94. The van der Waals surface area contributed by atoms with Gasteiger partial charge in [-0.05, 0) is 19.9 Å². The van der Waals surface area contributed by atoms with Gasteiger partial charge in [0.25, 0.3) is 0 Å². The van der Waals surface area contributed by atoms with Crippen LogP contribution in [-0.4, -0.2) is 35.1 Å². The van der Waals surface area contributed by atoms with E-state index in [1.54, 1.807) is 18.5 Å². The summed E-state index contributed by atoms with van der Waals surface area (Å²) in [6, 6.07) is 1.74. The second kappa shape index (κ2) is 4.73. The molecule has 1 aliphatic heterocycles. The molecule has 88 valence electrons. The number of ether oxygens (including phenoxy) is 2. The van der Waals surface area contributed by atoms with Crippen molar-refractivity contribution in [3.05, 3.63) is 18.5 Å². The first kappa shape index (κ1) is 11.3. The Morgan fingerprint density at radius 1 is 1.50 bits per heavy atom. The van der Waals surface area contributed by atoms with Gasteiger partial charge in [0.05, 0.1) is 6.61 Å². The highest BCUT2D eigenvalue weighted by Crippen LogP contribution is 2.22. The Balaban J connectivity index is 1.70. The summed E-state index contributed by atoms with van der Waals surface area (Å²) in [5, 5.41) is 0. The van der Waals surface area contributed by atoms with Gasteiger partial charge in [0.2, 0.25) is 5.95 Å². The number of anilines is 1. The quantitative estimate of drug-likeness (QED) is 0.770. The van der Waals surface area contributed by atoms with Crippen LogP contribution >= 0.6 is 0 Å². The van der Waals surface area contributed by atoms with Crippen molar-refractivity contribution in [1.29, 1.82) is 0 Å². The molecule has 0 aromatic carbocycles. The molecule has 1 aromatic heterocycles. The third-order valence-electron chi connectivity index (χ3n) is 2.07. The lowest BCUT2D eigenvalue weighted by Crippen LogP contribution is -2.25. The molecule has 2 rings (SSSR count). The van der Waals surface area contributed by atoms with Gasteiger partial charge in [-0.25, -0.2) is 15.4 Å². The van der Waals surface area contributed by atoms with Crippen LogP contribution in [0.4, 0.5) is 5.95 Å². The SMILES string of the molecule is CC1(C)OCC(CONc2ncccn2)O1. The van der Waals surface area contributed by atoms with Gasteiger partial charge in [0, 0.05) is 12.4 Å².